The molecular formula is C42H29N3O2. The van der Waals surface area contributed by atoms with Crippen LogP contribution in [0.15, 0.2) is 140 Å². The van der Waals surface area contributed by atoms with Crippen LogP contribution in [0.4, 0.5) is 0 Å². The molecule has 0 bridgehead atoms. The molecule has 0 amide bonds. The molecule has 0 spiro atoms. The van der Waals surface area contributed by atoms with Gasteiger partial charge in [-0.1, -0.05) is 129 Å². The van der Waals surface area contributed by atoms with Crippen molar-refractivity contribution in [2.75, 3.05) is 0 Å². The Kier molecular flexibility index (Phi) is 6.09. The van der Waals surface area contributed by atoms with Gasteiger partial charge in [-0.3, -0.25) is 0 Å². The summed E-state index contributed by atoms with van der Waals surface area (Å²) in [6, 6.07) is 47.3. The molecule has 0 unspecified atom stereocenters. The molecular weight excluding hydrogens is 578 g/mol. The fraction of sp³-hybridized carbons (Fsp3) is 0.0714. The number of hydrogen-bond donors (Lipinski definition) is 0. The minimum atomic E-state index is -0.161. The fourth-order valence-corrected chi connectivity index (χ4v) is 6.83. The van der Waals surface area contributed by atoms with E-state index >= 15 is 0 Å². The van der Waals surface area contributed by atoms with Gasteiger partial charge in [0, 0.05) is 22.1 Å². The van der Waals surface area contributed by atoms with Gasteiger partial charge in [-0.25, -0.2) is 15.0 Å². The first-order valence-electron chi connectivity index (χ1n) is 15.8. The van der Waals surface area contributed by atoms with Gasteiger partial charge in [0.1, 0.15) is 0 Å². The molecule has 0 N–H and O–H groups in total. The minimum absolute atomic E-state index is 0.161. The van der Waals surface area contributed by atoms with E-state index in [0.29, 0.717) is 40.5 Å². The molecule has 0 radical (unpaired) electrons. The SMILES string of the molecule is CC1(C)c2ccccc2-c2c1ccc1c2Oc2c(cccc2-c2nc(-c3ccccc3)nc(-c3cccc(-c4ccccc4)c3)n2)O1. The van der Waals surface area contributed by atoms with Crippen LogP contribution >= 0.6 is 0 Å². The van der Waals surface area contributed by atoms with Crippen molar-refractivity contribution in [3.8, 4) is 79.4 Å². The van der Waals surface area contributed by atoms with E-state index in [2.05, 4.69) is 68.4 Å². The van der Waals surface area contributed by atoms with E-state index < -0.39 is 0 Å². The van der Waals surface area contributed by atoms with Gasteiger partial charge in [-0.15, -0.1) is 0 Å². The maximum atomic E-state index is 6.90. The Hall–Kier alpha value is -6.07. The zero-order valence-electron chi connectivity index (χ0n) is 25.9. The van der Waals surface area contributed by atoms with Crippen molar-refractivity contribution >= 4 is 0 Å². The number of para-hydroxylation sites is 1. The lowest BCUT2D eigenvalue weighted by molar-refractivity contribution is 0.361. The first kappa shape index (κ1) is 27.3. The van der Waals surface area contributed by atoms with Gasteiger partial charge >= 0.3 is 0 Å². The van der Waals surface area contributed by atoms with Crippen LogP contribution in [0, 0.1) is 0 Å². The first-order chi connectivity index (χ1) is 23.0. The van der Waals surface area contributed by atoms with Gasteiger partial charge in [-0.2, -0.15) is 0 Å². The molecule has 47 heavy (non-hydrogen) atoms. The van der Waals surface area contributed by atoms with Crippen molar-refractivity contribution in [2.45, 2.75) is 19.3 Å². The molecule has 7 aromatic rings. The third-order valence-electron chi connectivity index (χ3n) is 9.20. The molecule has 5 nitrogen and oxygen atoms in total. The summed E-state index contributed by atoms with van der Waals surface area (Å²) in [5.41, 5.74) is 9.33. The molecule has 2 heterocycles. The van der Waals surface area contributed by atoms with Gasteiger partial charge in [0.05, 0.1) is 5.56 Å². The average molecular weight is 608 g/mol. The van der Waals surface area contributed by atoms with E-state index in [-0.39, 0.29) is 5.41 Å². The Morgan fingerprint density at radius 1 is 0.426 bits per heavy atom. The molecule has 2 aliphatic rings. The number of aromatic nitrogens is 3. The number of fused-ring (bicyclic) bond motifs is 6. The van der Waals surface area contributed by atoms with Gasteiger partial charge in [0.15, 0.2) is 40.5 Å². The Morgan fingerprint density at radius 2 is 1.02 bits per heavy atom. The second kappa shape index (κ2) is 10.5. The zero-order valence-corrected chi connectivity index (χ0v) is 25.9. The maximum Gasteiger partial charge on any atom is 0.181 e. The molecule has 0 atom stereocenters. The maximum absolute atomic E-state index is 6.90. The predicted molar refractivity (Wildman–Crippen MR) is 186 cm³/mol. The van der Waals surface area contributed by atoms with Gasteiger partial charge < -0.3 is 9.47 Å². The second-order valence-electron chi connectivity index (χ2n) is 12.4. The summed E-state index contributed by atoms with van der Waals surface area (Å²) in [6.07, 6.45) is 0. The standard InChI is InChI=1S/C42H29N3O2/c1-42(2)32-21-10-9-19-30(32)36-33(42)23-24-35-38(36)47-37-31(20-12-22-34(37)46-35)41-44-39(27-15-7-4-8-16-27)43-40(45-41)29-18-11-17-28(25-29)26-13-5-3-6-14-26/h3-25H,1-2H3. The first-order valence-corrected chi connectivity index (χ1v) is 15.8. The Morgan fingerprint density at radius 3 is 1.83 bits per heavy atom. The highest BCUT2D eigenvalue weighted by Gasteiger charge is 2.40. The highest BCUT2D eigenvalue weighted by atomic mass is 16.6. The lowest BCUT2D eigenvalue weighted by Crippen LogP contribution is -2.15. The van der Waals surface area contributed by atoms with Crippen molar-refractivity contribution in [1.82, 2.24) is 15.0 Å². The summed E-state index contributed by atoms with van der Waals surface area (Å²) >= 11 is 0. The van der Waals surface area contributed by atoms with Gasteiger partial charge in [0.25, 0.3) is 0 Å². The van der Waals surface area contributed by atoms with Crippen LogP contribution in [0.5, 0.6) is 23.0 Å². The molecule has 0 saturated heterocycles. The predicted octanol–water partition coefficient (Wildman–Crippen LogP) is 10.7. The molecule has 0 saturated carbocycles. The molecule has 0 fully saturated rings. The third-order valence-corrected chi connectivity index (χ3v) is 9.20. The molecule has 9 rings (SSSR count). The van der Waals surface area contributed by atoms with Gasteiger partial charge in [-0.05, 0) is 52.1 Å². The summed E-state index contributed by atoms with van der Waals surface area (Å²) in [6.45, 7) is 4.52. The second-order valence-corrected chi connectivity index (χ2v) is 12.4. The zero-order chi connectivity index (χ0) is 31.5. The van der Waals surface area contributed by atoms with Crippen LogP contribution in [0.2, 0.25) is 0 Å². The number of rotatable bonds is 4. The quantitative estimate of drug-likeness (QED) is 0.199. The molecule has 5 heteroatoms. The van der Waals surface area contributed by atoms with Crippen LogP contribution in [0.3, 0.4) is 0 Å². The van der Waals surface area contributed by atoms with Crippen LogP contribution in [-0.4, -0.2) is 15.0 Å². The summed E-state index contributed by atoms with van der Waals surface area (Å²) < 4.78 is 13.4. The van der Waals surface area contributed by atoms with Gasteiger partial charge in [0.2, 0.25) is 0 Å². The summed E-state index contributed by atoms with van der Waals surface area (Å²) in [5.74, 6) is 4.30. The van der Waals surface area contributed by atoms with E-state index in [1.54, 1.807) is 0 Å². The number of ether oxygens (including phenoxy) is 2. The van der Waals surface area contributed by atoms with Crippen LogP contribution in [-0.2, 0) is 5.41 Å². The molecule has 224 valence electrons. The summed E-state index contributed by atoms with van der Waals surface area (Å²) in [7, 11) is 0. The van der Waals surface area contributed by atoms with Crippen molar-refractivity contribution in [3.63, 3.8) is 0 Å². The Labute approximate surface area is 273 Å². The van der Waals surface area contributed by atoms with E-state index in [0.717, 1.165) is 33.4 Å². The Bertz CT molecular complexity index is 2330. The Balaban J connectivity index is 1.21. The molecule has 1 aromatic heterocycles. The van der Waals surface area contributed by atoms with Crippen LogP contribution in [0.25, 0.3) is 56.4 Å². The third kappa shape index (κ3) is 4.43. The van der Waals surface area contributed by atoms with E-state index in [4.69, 9.17) is 24.4 Å². The lowest BCUT2D eigenvalue weighted by atomic mass is 9.82. The lowest BCUT2D eigenvalue weighted by Gasteiger charge is -2.26. The number of nitrogens with zero attached hydrogens (tertiary/aromatic N) is 3. The monoisotopic (exact) mass is 607 g/mol. The van der Waals surface area contributed by atoms with E-state index in [1.807, 2.05) is 84.9 Å². The fourth-order valence-electron chi connectivity index (χ4n) is 6.83. The van der Waals surface area contributed by atoms with Crippen molar-refractivity contribution < 1.29 is 9.47 Å². The van der Waals surface area contributed by atoms with E-state index in [1.165, 1.54) is 16.7 Å². The topological polar surface area (TPSA) is 57.1 Å². The van der Waals surface area contributed by atoms with Crippen LogP contribution in [0.1, 0.15) is 25.0 Å². The molecule has 1 aliphatic heterocycles. The van der Waals surface area contributed by atoms with Crippen molar-refractivity contribution in [2.24, 2.45) is 0 Å². The van der Waals surface area contributed by atoms with Crippen molar-refractivity contribution in [1.29, 1.82) is 0 Å². The highest BCUT2D eigenvalue weighted by molar-refractivity contribution is 5.89. The number of benzene rings is 6. The molecule has 1 aliphatic carbocycles. The highest BCUT2D eigenvalue weighted by Crippen LogP contribution is 2.59. The average Bonchev–Trinajstić information content (AvgIpc) is 3.37. The molecule has 6 aromatic carbocycles. The summed E-state index contributed by atoms with van der Waals surface area (Å²) in [5, 5.41) is 0. The smallest absolute Gasteiger partial charge is 0.181 e. The normalized spacial score (nSPS) is 13.4. The van der Waals surface area contributed by atoms with Crippen LogP contribution < -0.4 is 9.47 Å². The minimum Gasteiger partial charge on any atom is -0.449 e. The van der Waals surface area contributed by atoms with Crippen molar-refractivity contribution in [3.05, 3.63) is 151 Å². The largest absolute Gasteiger partial charge is 0.449 e. The van der Waals surface area contributed by atoms with E-state index in [9.17, 15) is 0 Å². The number of hydrogen-bond acceptors (Lipinski definition) is 5. The summed E-state index contributed by atoms with van der Waals surface area (Å²) in [4.78, 5) is 15.1.